The van der Waals surface area contributed by atoms with Crippen molar-refractivity contribution in [3.63, 3.8) is 0 Å². The molecule has 7 rings (SSSR count). The fraction of sp³-hybridized carbons (Fsp3) is 0.289. The Bertz CT molecular complexity index is 2190. The molecule has 2 aliphatic heterocycles. The lowest BCUT2D eigenvalue weighted by Crippen LogP contribution is -2.36. The number of amides is 2. The molecule has 262 valence electrons. The van der Waals surface area contributed by atoms with E-state index in [1.807, 2.05) is 54.6 Å². The molecule has 0 spiro atoms. The Balaban J connectivity index is 1.10. The molecule has 4 N–H and O–H groups in total. The van der Waals surface area contributed by atoms with Gasteiger partial charge in [-0.1, -0.05) is 53.5 Å². The van der Waals surface area contributed by atoms with Gasteiger partial charge in [-0.3, -0.25) is 23.8 Å². The second-order valence-corrected chi connectivity index (χ2v) is 13.6. The summed E-state index contributed by atoms with van der Waals surface area (Å²) in [6.07, 6.45) is 7.73. The van der Waals surface area contributed by atoms with Crippen molar-refractivity contribution >= 4 is 40.7 Å². The molecule has 2 aliphatic rings. The van der Waals surface area contributed by atoms with Gasteiger partial charge in [-0.2, -0.15) is 0 Å². The molecule has 2 amide bonds. The maximum absolute atomic E-state index is 13.3. The summed E-state index contributed by atoms with van der Waals surface area (Å²) in [4.78, 5) is 45.4. The van der Waals surface area contributed by atoms with Crippen LogP contribution < -0.4 is 31.6 Å². The Hall–Kier alpha value is -4.81. The zero-order chi connectivity index (χ0) is 35.5. The smallest absolute Gasteiger partial charge is 0.262 e. The molecule has 11 nitrogen and oxygen atoms in total. The van der Waals surface area contributed by atoms with Crippen LogP contribution in [0.25, 0.3) is 39.2 Å². The Morgan fingerprint density at radius 1 is 0.804 bits per heavy atom. The van der Waals surface area contributed by atoms with E-state index in [4.69, 9.17) is 27.9 Å². The van der Waals surface area contributed by atoms with Crippen LogP contribution in [-0.2, 0) is 22.7 Å². The van der Waals surface area contributed by atoms with Gasteiger partial charge < -0.3 is 26.0 Å². The number of hydrogen-bond donors (Lipinski definition) is 4. The molecule has 0 saturated carbocycles. The van der Waals surface area contributed by atoms with Crippen LogP contribution in [0.3, 0.4) is 0 Å². The monoisotopic (exact) mass is 725 g/mol. The van der Waals surface area contributed by atoms with Gasteiger partial charge in [0.25, 0.3) is 5.56 Å². The van der Waals surface area contributed by atoms with Crippen molar-refractivity contribution in [1.29, 1.82) is 0 Å². The minimum atomic E-state index is -0.162. The minimum absolute atomic E-state index is 0.0604. The van der Waals surface area contributed by atoms with Gasteiger partial charge in [-0.15, -0.1) is 0 Å². The van der Waals surface area contributed by atoms with Gasteiger partial charge in [0.15, 0.2) is 0 Å². The topological polar surface area (TPSA) is 139 Å². The van der Waals surface area contributed by atoms with Crippen LogP contribution in [0.4, 0.5) is 0 Å². The molecule has 5 aromatic rings. The molecule has 2 fully saturated rings. The van der Waals surface area contributed by atoms with E-state index in [-0.39, 0.29) is 29.5 Å². The van der Waals surface area contributed by atoms with Crippen LogP contribution >= 0.6 is 23.2 Å². The second-order valence-electron chi connectivity index (χ2n) is 12.8. The number of nitrogens with one attached hydrogen (secondary N) is 4. The molecular formula is C38H37Cl2N7O4. The molecule has 2 aromatic carbocycles. The fourth-order valence-electron chi connectivity index (χ4n) is 6.68. The Kier molecular flexibility index (Phi) is 10.3. The standard InChI is InChI=1S/C38H37Cl2N7O4/c1-51-31-15-23(5-6-24(31)17-41-20-26-7-9-33(48)45-26)37-36(40)30(11-13-43-37)29-4-2-3-28(35(29)39)22-12-14-47-32(16-22)44-19-25(38(47)50)18-42-21-27-8-10-34(49)46-27/h2-6,11-16,19,26-27,41-42H,7-10,17-18,20-21H2,1H3,(H,45,48)(H,46,49)/t26-,27+/m0/s1. The number of halogens is 2. The minimum Gasteiger partial charge on any atom is -0.496 e. The predicted octanol–water partition coefficient (Wildman–Crippen LogP) is 5.14. The average Bonchev–Trinajstić information content (AvgIpc) is 3.76. The van der Waals surface area contributed by atoms with Crippen molar-refractivity contribution in [3.8, 4) is 39.3 Å². The summed E-state index contributed by atoms with van der Waals surface area (Å²) in [5.41, 5.74) is 6.25. The molecular weight excluding hydrogens is 689 g/mol. The lowest BCUT2D eigenvalue weighted by molar-refractivity contribution is -0.120. The largest absolute Gasteiger partial charge is 0.496 e. The molecule has 0 unspecified atom stereocenters. The Labute approximate surface area is 304 Å². The van der Waals surface area contributed by atoms with Crippen LogP contribution in [0.5, 0.6) is 5.75 Å². The summed E-state index contributed by atoms with van der Waals surface area (Å²) in [5, 5.41) is 13.5. The first-order valence-corrected chi connectivity index (χ1v) is 17.7. The predicted molar refractivity (Wildman–Crippen MR) is 198 cm³/mol. The summed E-state index contributed by atoms with van der Waals surface area (Å²) in [7, 11) is 1.63. The zero-order valence-corrected chi connectivity index (χ0v) is 29.5. The van der Waals surface area contributed by atoms with Crippen molar-refractivity contribution in [3.05, 3.63) is 105 Å². The number of carbonyl (C=O) groups is 2. The zero-order valence-electron chi connectivity index (χ0n) is 28.0. The van der Waals surface area contributed by atoms with E-state index < -0.39 is 0 Å². The Morgan fingerprint density at radius 2 is 1.49 bits per heavy atom. The highest BCUT2D eigenvalue weighted by molar-refractivity contribution is 6.39. The third-order valence-electron chi connectivity index (χ3n) is 9.41. The molecule has 0 aliphatic carbocycles. The average molecular weight is 727 g/mol. The van der Waals surface area contributed by atoms with Gasteiger partial charge in [-0.05, 0) is 42.7 Å². The lowest BCUT2D eigenvalue weighted by atomic mass is 9.98. The van der Waals surface area contributed by atoms with E-state index >= 15 is 0 Å². The van der Waals surface area contributed by atoms with E-state index in [0.717, 1.165) is 46.2 Å². The van der Waals surface area contributed by atoms with Crippen molar-refractivity contribution < 1.29 is 14.3 Å². The fourth-order valence-corrected chi connectivity index (χ4v) is 7.34. The summed E-state index contributed by atoms with van der Waals surface area (Å²) >= 11 is 14.2. The Morgan fingerprint density at radius 3 is 2.18 bits per heavy atom. The van der Waals surface area contributed by atoms with Crippen LogP contribution in [0.15, 0.2) is 78.0 Å². The van der Waals surface area contributed by atoms with Crippen LogP contribution in [0.1, 0.15) is 36.8 Å². The summed E-state index contributed by atoms with van der Waals surface area (Å²) < 4.78 is 7.25. The molecule has 0 bridgehead atoms. The van der Waals surface area contributed by atoms with E-state index in [1.54, 1.807) is 25.7 Å². The highest BCUT2D eigenvalue weighted by Crippen LogP contribution is 2.42. The highest BCUT2D eigenvalue weighted by Gasteiger charge is 2.22. The number of carbonyl (C=O) groups excluding carboxylic acids is 2. The van der Waals surface area contributed by atoms with Crippen molar-refractivity contribution in [1.82, 2.24) is 35.6 Å². The van der Waals surface area contributed by atoms with Crippen LogP contribution in [0, 0.1) is 0 Å². The molecule has 0 radical (unpaired) electrons. The number of fused-ring (bicyclic) bond motifs is 1. The number of aromatic nitrogens is 3. The van der Waals surface area contributed by atoms with Gasteiger partial charge in [-0.25, -0.2) is 4.98 Å². The normalized spacial score (nSPS) is 17.2. The lowest BCUT2D eigenvalue weighted by Gasteiger charge is -2.16. The van der Waals surface area contributed by atoms with Gasteiger partial charge in [0.05, 0.1) is 22.8 Å². The highest BCUT2D eigenvalue weighted by atomic mass is 35.5. The van der Waals surface area contributed by atoms with E-state index in [1.165, 1.54) is 4.40 Å². The SMILES string of the molecule is COc1cc(-c2nccc(-c3cccc(-c4ccn5c(=O)c(CNC[C@H]6CCC(=O)N6)cnc5c4)c3Cl)c2Cl)ccc1CNC[C@@H]1CCC(=O)N1. The maximum atomic E-state index is 13.3. The third-order valence-corrected chi connectivity index (χ3v) is 10.2. The second kappa shape index (κ2) is 15.2. The van der Waals surface area contributed by atoms with Crippen LogP contribution in [0.2, 0.25) is 10.0 Å². The van der Waals surface area contributed by atoms with E-state index in [9.17, 15) is 14.4 Å². The third kappa shape index (κ3) is 7.48. The van der Waals surface area contributed by atoms with Crippen molar-refractivity contribution in [2.45, 2.75) is 50.9 Å². The van der Waals surface area contributed by atoms with Gasteiger partial charge in [0.2, 0.25) is 11.8 Å². The number of pyridine rings is 2. The van der Waals surface area contributed by atoms with Crippen molar-refractivity contribution in [2.24, 2.45) is 0 Å². The first-order chi connectivity index (χ1) is 24.8. The molecule has 2 atom stereocenters. The number of nitrogens with zero attached hydrogens (tertiary/aromatic N) is 3. The summed E-state index contributed by atoms with van der Waals surface area (Å²) in [6.45, 7) is 2.21. The number of ether oxygens (including phenoxy) is 1. The molecule has 13 heteroatoms. The van der Waals surface area contributed by atoms with Crippen LogP contribution in [-0.4, -0.2) is 58.5 Å². The summed E-state index contributed by atoms with van der Waals surface area (Å²) in [6, 6.07) is 17.4. The molecule has 3 aromatic heterocycles. The van der Waals surface area contributed by atoms with Gasteiger partial charge in [0, 0.05) is 103 Å². The number of methoxy groups -OCH3 is 1. The van der Waals surface area contributed by atoms with Crippen molar-refractivity contribution in [2.75, 3.05) is 20.2 Å². The van der Waals surface area contributed by atoms with E-state index in [0.29, 0.717) is 71.7 Å². The first-order valence-electron chi connectivity index (χ1n) is 16.9. The number of hydrogen-bond acceptors (Lipinski definition) is 8. The summed E-state index contributed by atoms with van der Waals surface area (Å²) in [5.74, 6) is 0.857. The number of rotatable bonds is 12. The van der Waals surface area contributed by atoms with Gasteiger partial charge in [0.1, 0.15) is 11.4 Å². The quantitative estimate of drug-likeness (QED) is 0.139. The molecule has 5 heterocycles. The van der Waals surface area contributed by atoms with Gasteiger partial charge >= 0.3 is 0 Å². The molecule has 2 saturated heterocycles. The number of benzene rings is 2. The first kappa shape index (κ1) is 34.6. The molecule has 51 heavy (non-hydrogen) atoms. The van der Waals surface area contributed by atoms with E-state index in [2.05, 4.69) is 31.2 Å². The maximum Gasteiger partial charge on any atom is 0.262 e.